The summed E-state index contributed by atoms with van der Waals surface area (Å²) in [7, 11) is 3.57. The third-order valence-electron chi connectivity index (χ3n) is 4.27. The van der Waals surface area contributed by atoms with Crippen LogP contribution in [0.3, 0.4) is 0 Å². The number of nitrogens with zero attached hydrogens (tertiary/aromatic N) is 2. The Balaban J connectivity index is 0.00000242. The maximum absolute atomic E-state index is 12.8. The number of halogens is 2. The van der Waals surface area contributed by atoms with Gasteiger partial charge in [0.05, 0.1) is 12.0 Å². The van der Waals surface area contributed by atoms with Gasteiger partial charge in [0.15, 0.2) is 0 Å². The van der Waals surface area contributed by atoms with Gasteiger partial charge in [-0.3, -0.25) is 9.78 Å². The minimum atomic E-state index is -0.354. The van der Waals surface area contributed by atoms with Gasteiger partial charge in [0.2, 0.25) is 5.91 Å². The molecule has 0 saturated carbocycles. The van der Waals surface area contributed by atoms with Crippen molar-refractivity contribution in [1.29, 1.82) is 0 Å². The summed E-state index contributed by atoms with van der Waals surface area (Å²) < 4.78 is 5.34. The smallest absolute Gasteiger partial charge is 0.230 e. The minimum absolute atomic E-state index is 0. The van der Waals surface area contributed by atoms with Crippen molar-refractivity contribution in [1.82, 2.24) is 15.2 Å². The van der Waals surface area contributed by atoms with E-state index in [1.54, 1.807) is 19.5 Å². The molecule has 0 bridgehead atoms. The number of pyridine rings is 1. The lowest BCUT2D eigenvalue weighted by molar-refractivity contribution is -0.146. The van der Waals surface area contributed by atoms with Gasteiger partial charge >= 0.3 is 0 Å². The van der Waals surface area contributed by atoms with E-state index in [2.05, 4.69) is 10.3 Å². The van der Waals surface area contributed by atoms with Crippen molar-refractivity contribution < 1.29 is 9.53 Å². The summed E-state index contributed by atoms with van der Waals surface area (Å²) in [6.45, 7) is 3.00. The number of amides is 1. The van der Waals surface area contributed by atoms with Gasteiger partial charge in [-0.25, -0.2) is 0 Å². The largest absolute Gasteiger partial charge is 0.384 e. The van der Waals surface area contributed by atoms with Crippen molar-refractivity contribution in [3.8, 4) is 0 Å². The molecule has 0 unspecified atom stereocenters. The topological polar surface area (TPSA) is 54.5 Å². The van der Waals surface area contributed by atoms with Crippen LogP contribution in [0.1, 0.15) is 18.4 Å². The summed E-state index contributed by atoms with van der Waals surface area (Å²) in [5.41, 5.74) is 0.850. The highest BCUT2D eigenvalue weighted by Gasteiger charge is 2.41. The second kappa shape index (κ2) is 10.8. The highest BCUT2D eigenvalue weighted by atomic mass is 35.5. The molecule has 1 aliphatic rings. The van der Waals surface area contributed by atoms with Gasteiger partial charge in [-0.1, -0.05) is 0 Å². The molecule has 1 aromatic heterocycles. The third-order valence-corrected chi connectivity index (χ3v) is 4.27. The van der Waals surface area contributed by atoms with Crippen LogP contribution < -0.4 is 5.32 Å². The number of likely N-dealkylation sites (N-methyl/N-ethyl adjacent to an activating group) is 1. The lowest BCUT2D eigenvalue weighted by atomic mass is 9.78. The molecule has 0 spiro atoms. The molecule has 7 heteroatoms. The zero-order chi connectivity index (χ0) is 15.1. The van der Waals surface area contributed by atoms with E-state index in [1.165, 1.54) is 5.56 Å². The van der Waals surface area contributed by atoms with Crippen LogP contribution in [-0.2, 0) is 16.0 Å². The zero-order valence-electron chi connectivity index (χ0n) is 13.8. The second-order valence-electron chi connectivity index (χ2n) is 5.80. The summed E-state index contributed by atoms with van der Waals surface area (Å²) in [5.74, 6) is 0.208. The van der Waals surface area contributed by atoms with Crippen molar-refractivity contribution in [3.63, 3.8) is 0 Å². The molecule has 2 heterocycles. The molecular formula is C16H27Cl2N3O2. The van der Waals surface area contributed by atoms with E-state index < -0.39 is 0 Å². The van der Waals surface area contributed by atoms with Crippen molar-refractivity contribution in [2.24, 2.45) is 5.41 Å². The fourth-order valence-electron chi connectivity index (χ4n) is 2.95. The monoisotopic (exact) mass is 363 g/mol. The molecule has 1 fully saturated rings. The Hall–Kier alpha value is -0.880. The number of aromatic nitrogens is 1. The Bertz CT molecular complexity index is 448. The van der Waals surface area contributed by atoms with Crippen LogP contribution in [0.5, 0.6) is 0 Å². The number of carbonyl (C=O) groups excluding carboxylic acids is 1. The minimum Gasteiger partial charge on any atom is -0.384 e. The van der Waals surface area contributed by atoms with Crippen LogP contribution >= 0.6 is 24.8 Å². The summed E-state index contributed by atoms with van der Waals surface area (Å²) in [6.07, 6.45) is 6.12. The fourth-order valence-corrected chi connectivity index (χ4v) is 2.95. The number of carbonyl (C=O) groups is 1. The first-order chi connectivity index (χ1) is 10.2. The molecule has 1 amide bonds. The number of methoxy groups -OCH3 is 1. The molecule has 0 aromatic carbocycles. The standard InChI is InChI=1S/C16H25N3O2.2ClH/c1-19(12-5-14-3-8-17-9-4-14)15(20)16(13-21-2)6-10-18-11-7-16;;/h3-4,8-9,18H,5-7,10-13H2,1-2H3;2*1H. The Labute approximate surface area is 151 Å². The number of rotatable bonds is 6. The van der Waals surface area contributed by atoms with Crippen molar-refractivity contribution in [2.45, 2.75) is 19.3 Å². The first kappa shape index (κ1) is 22.1. The van der Waals surface area contributed by atoms with E-state index in [4.69, 9.17) is 4.74 Å². The van der Waals surface area contributed by atoms with Gasteiger partial charge in [0, 0.05) is 33.1 Å². The van der Waals surface area contributed by atoms with Crippen molar-refractivity contribution in [2.75, 3.05) is 40.4 Å². The number of hydrogen-bond donors (Lipinski definition) is 1. The van der Waals surface area contributed by atoms with Gasteiger partial charge in [0.1, 0.15) is 0 Å². The van der Waals surface area contributed by atoms with E-state index in [9.17, 15) is 4.79 Å². The second-order valence-corrected chi connectivity index (χ2v) is 5.80. The van der Waals surface area contributed by atoms with Gasteiger partial charge < -0.3 is 15.0 Å². The van der Waals surface area contributed by atoms with Crippen LogP contribution in [0.25, 0.3) is 0 Å². The lowest BCUT2D eigenvalue weighted by Gasteiger charge is -2.38. The van der Waals surface area contributed by atoms with E-state index in [1.807, 2.05) is 24.1 Å². The molecule has 0 atom stereocenters. The lowest BCUT2D eigenvalue weighted by Crippen LogP contribution is -2.51. The Morgan fingerprint density at radius 2 is 1.91 bits per heavy atom. The van der Waals surface area contributed by atoms with Gasteiger partial charge in [0.25, 0.3) is 0 Å². The highest BCUT2D eigenvalue weighted by Crippen LogP contribution is 2.31. The maximum Gasteiger partial charge on any atom is 0.230 e. The summed E-state index contributed by atoms with van der Waals surface area (Å²) in [4.78, 5) is 18.7. The van der Waals surface area contributed by atoms with Crippen LogP contribution in [0.4, 0.5) is 0 Å². The molecule has 1 saturated heterocycles. The molecule has 1 aromatic rings. The fraction of sp³-hybridized carbons (Fsp3) is 0.625. The molecule has 2 rings (SSSR count). The SMILES string of the molecule is COCC1(C(=O)N(C)CCc2ccncc2)CCNCC1.Cl.Cl. The van der Waals surface area contributed by atoms with E-state index in [-0.39, 0.29) is 36.1 Å². The van der Waals surface area contributed by atoms with Crippen LogP contribution in [0.2, 0.25) is 0 Å². The molecular weight excluding hydrogens is 337 g/mol. The van der Waals surface area contributed by atoms with E-state index in [0.29, 0.717) is 6.61 Å². The number of piperidine rings is 1. The maximum atomic E-state index is 12.8. The van der Waals surface area contributed by atoms with Crippen LogP contribution in [0, 0.1) is 5.41 Å². The first-order valence-electron chi connectivity index (χ1n) is 7.52. The van der Waals surface area contributed by atoms with Gasteiger partial charge in [-0.05, 0) is 50.0 Å². The highest BCUT2D eigenvalue weighted by molar-refractivity contribution is 5.85. The zero-order valence-corrected chi connectivity index (χ0v) is 15.4. The van der Waals surface area contributed by atoms with Crippen LogP contribution in [-0.4, -0.2) is 56.2 Å². The Morgan fingerprint density at radius 3 is 2.48 bits per heavy atom. The van der Waals surface area contributed by atoms with Crippen molar-refractivity contribution in [3.05, 3.63) is 30.1 Å². The Morgan fingerprint density at radius 1 is 1.30 bits per heavy atom. The van der Waals surface area contributed by atoms with Crippen LogP contribution in [0.15, 0.2) is 24.5 Å². The third kappa shape index (κ3) is 5.92. The average molecular weight is 364 g/mol. The molecule has 1 aliphatic heterocycles. The molecule has 1 N–H and O–H groups in total. The Kier molecular flexibility index (Phi) is 10.4. The van der Waals surface area contributed by atoms with E-state index in [0.717, 1.165) is 38.9 Å². The molecule has 0 radical (unpaired) electrons. The number of hydrogen-bond acceptors (Lipinski definition) is 4. The summed E-state index contributed by atoms with van der Waals surface area (Å²) >= 11 is 0. The molecule has 5 nitrogen and oxygen atoms in total. The van der Waals surface area contributed by atoms with Gasteiger partial charge in [-0.15, -0.1) is 24.8 Å². The normalized spacial score (nSPS) is 15.9. The average Bonchev–Trinajstić information content (AvgIpc) is 2.54. The first-order valence-corrected chi connectivity index (χ1v) is 7.52. The summed E-state index contributed by atoms with van der Waals surface area (Å²) in [5, 5.41) is 3.32. The summed E-state index contributed by atoms with van der Waals surface area (Å²) in [6, 6.07) is 3.99. The van der Waals surface area contributed by atoms with Gasteiger partial charge in [-0.2, -0.15) is 0 Å². The quantitative estimate of drug-likeness (QED) is 0.838. The molecule has 23 heavy (non-hydrogen) atoms. The molecule has 0 aliphatic carbocycles. The van der Waals surface area contributed by atoms with E-state index >= 15 is 0 Å². The number of ether oxygens (including phenoxy) is 1. The molecule has 132 valence electrons. The number of nitrogens with one attached hydrogen (secondary N) is 1. The van der Waals surface area contributed by atoms with Crippen molar-refractivity contribution >= 4 is 30.7 Å². The predicted molar refractivity (Wildman–Crippen MR) is 96.5 cm³/mol. The predicted octanol–water partition coefficient (Wildman–Crippen LogP) is 1.94.